The molecule has 1 fully saturated rings. The minimum absolute atomic E-state index is 0.627. The van der Waals surface area contributed by atoms with Crippen LogP contribution >= 0.6 is 0 Å². The van der Waals surface area contributed by atoms with Crippen molar-refractivity contribution in [3.8, 4) is 0 Å². The van der Waals surface area contributed by atoms with E-state index >= 15 is 0 Å². The van der Waals surface area contributed by atoms with Crippen LogP contribution in [-0.2, 0) is 6.54 Å². The van der Waals surface area contributed by atoms with E-state index in [9.17, 15) is 0 Å². The summed E-state index contributed by atoms with van der Waals surface area (Å²) in [7, 11) is 0. The molecule has 1 aliphatic heterocycles. The van der Waals surface area contributed by atoms with Gasteiger partial charge in [-0.15, -0.1) is 0 Å². The van der Waals surface area contributed by atoms with Gasteiger partial charge in [0, 0.05) is 45.0 Å². The van der Waals surface area contributed by atoms with E-state index in [1.165, 1.54) is 23.4 Å². The SMILES string of the molecule is Cc1ccc(CN)c(N2CCN(CC(C)C)CC2)c1. The highest BCUT2D eigenvalue weighted by Gasteiger charge is 2.19. The molecule has 0 unspecified atom stereocenters. The Balaban J connectivity index is 2.03. The highest BCUT2D eigenvalue weighted by molar-refractivity contribution is 5.55. The standard InChI is InChI=1S/C16H27N3/c1-13(2)12-18-6-8-19(9-7-18)16-10-14(3)4-5-15(16)11-17/h4-5,10,13H,6-9,11-12,17H2,1-3H3. The number of anilines is 1. The molecule has 1 heterocycles. The van der Waals surface area contributed by atoms with Gasteiger partial charge in [0.1, 0.15) is 0 Å². The number of piperazine rings is 1. The van der Waals surface area contributed by atoms with Gasteiger partial charge in [0.05, 0.1) is 0 Å². The van der Waals surface area contributed by atoms with E-state index in [2.05, 4.69) is 48.8 Å². The molecule has 0 aliphatic carbocycles. The minimum Gasteiger partial charge on any atom is -0.369 e. The predicted octanol–water partition coefficient (Wildman–Crippen LogP) is 2.23. The van der Waals surface area contributed by atoms with Gasteiger partial charge in [-0.25, -0.2) is 0 Å². The molecule has 1 aromatic rings. The normalized spacial score (nSPS) is 17.2. The van der Waals surface area contributed by atoms with Crippen molar-refractivity contribution in [3.63, 3.8) is 0 Å². The number of hydrogen-bond acceptors (Lipinski definition) is 3. The molecule has 3 heteroatoms. The van der Waals surface area contributed by atoms with Crippen LogP contribution in [0, 0.1) is 12.8 Å². The summed E-state index contributed by atoms with van der Waals surface area (Å²) in [6.45, 7) is 13.1. The number of nitrogens with two attached hydrogens (primary N) is 1. The molecular formula is C16H27N3. The zero-order valence-electron chi connectivity index (χ0n) is 12.5. The summed E-state index contributed by atoms with van der Waals surface area (Å²) in [5.74, 6) is 0.755. The third-order valence-electron chi connectivity index (χ3n) is 3.80. The Morgan fingerprint density at radius 2 is 1.84 bits per heavy atom. The molecule has 1 aromatic carbocycles. The highest BCUT2D eigenvalue weighted by Crippen LogP contribution is 2.23. The monoisotopic (exact) mass is 261 g/mol. The van der Waals surface area contributed by atoms with Crippen molar-refractivity contribution < 1.29 is 0 Å². The fourth-order valence-corrected chi connectivity index (χ4v) is 2.83. The lowest BCUT2D eigenvalue weighted by molar-refractivity contribution is 0.231. The fourth-order valence-electron chi connectivity index (χ4n) is 2.83. The number of nitrogens with zero attached hydrogens (tertiary/aromatic N) is 2. The molecule has 19 heavy (non-hydrogen) atoms. The molecular weight excluding hydrogens is 234 g/mol. The zero-order valence-corrected chi connectivity index (χ0v) is 12.5. The van der Waals surface area contributed by atoms with Crippen LogP contribution in [0.2, 0.25) is 0 Å². The zero-order chi connectivity index (χ0) is 13.8. The molecule has 3 nitrogen and oxygen atoms in total. The van der Waals surface area contributed by atoms with Crippen molar-refractivity contribution in [1.82, 2.24) is 4.90 Å². The quantitative estimate of drug-likeness (QED) is 0.902. The van der Waals surface area contributed by atoms with E-state index in [0.29, 0.717) is 6.54 Å². The number of hydrogen-bond donors (Lipinski definition) is 1. The molecule has 2 N–H and O–H groups in total. The summed E-state index contributed by atoms with van der Waals surface area (Å²) in [5.41, 5.74) is 9.79. The lowest BCUT2D eigenvalue weighted by Gasteiger charge is -2.37. The summed E-state index contributed by atoms with van der Waals surface area (Å²) in [4.78, 5) is 5.06. The molecule has 0 atom stereocenters. The van der Waals surface area contributed by atoms with Crippen LogP contribution in [0.4, 0.5) is 5.69 Å². The van der Waals surface area contributed by atoms with E-state index < -0.39 is 0 Å². The first-order chi connectivity index (χ1) is 9.10. The van der Waals surface area contributed by atoms with Gasteiger partial charge in [-0.2, -0.15) is 0 Å². The van der Waals surface area contributed by atoms with Gasteiger partial charge in [-0.05, 0) is 30.0 Å². The Hall–Kier alpha value is -1.06. The first-order valence-electron chi connectivity index (χ1n) is 7.37. The van der Waals surface area contributed by atoms with Gasteiger partial charge in [-0.1, -0.05) is 26.0 Å². The maximum atomic E-state index is 5.86. The summed E-state index contributed by atoms with van der Waals surface area (Å²) in [6, 6.07) is 6.60. The third-order valence-corrected chi connectivity index (χ3v) is 3.80. The average molecular weight is 261 g/mol. The second kappa shape index (κ2) is 6.40. The van der Waals surface area contributed by atoms with Gasteiger partial charge in [0.2, 0.25) is 0 Å². The maximum Gasteiger partial charge on any atom is 0.0415 e. The smallest absolute Gasteiger partial charge is 0.0415 e. The number of rotatable bonds is 4. The van der Waals surface area contributed by atoms with E-state index in [0.717, 1.165) is 32.1 Å². The highest BCUT2D eigenvalue weighted by atomic mass is 15.3. The van der Waals surface area contributed by atoms with E-state index in [-0.39, 0.29) is 0 Å². The molecule has 1 aliphatic rings. The van der Waals surface area contributed by atoms with Crippen molar-refractivity contribution in [2.45, 2.75) is 27.3 Å². The van der Waals surface area contributed by atoms with E-state index in [1.807, 2.05) is 0 Å². The third kappa shape index (κ3) is 3.71. The van der Waals surface area contributed by atoms with Crippen molar-refractivity contribution in [2.75, 3.05) is 37.6 Å². The molecule has 0 radical (unpaired) electrons. The predicted molar refractivity (Wildman–Crippen MR) is 82.6 cm³/mol. The average Bonchev–Trinajstić information content (AvgIpc) is 2.39. The van der Waals surface area contributed by atoms with E-state index in [1.54, 1.807) is 0 Å². The Kier molecular flexibility index (Phi) is 4.83. The summed E-state index contributed by atoms with van der Waals surface area (Å²) in [5, 5.41) is 0. The summed E-state index contributed by atoms with van der Waals surface area (Å²) < 4.78 is 0. The van der Waals surface area contributed by atoms with Crippen molar-refractivity contribution in [1.29, 1.82) is 0 Å². The van der Waals surface area contributed by atoms with Crippen LogP contribution in [0.25, 0.3) is 0 Å². The molecule has 0 saturated carbocycles. The van der Waals surface area contributed by atoms with Crippen molar-refractivity contribution >= 4 is 5.69 Å². The van der Waals surface area contributed by atoms with Crippen LogP contribution in [0.15, 0.2) is 18.2 Å². The van der Waals surface area contributed by atoms with Gasteiger partial charge in [0.25, 0.3) is 0 Å². The summed E-state index contributed by atoms with van der Waals surface area (Å²) >= 11 is 0. The largest absolute Gasteiger partial charge is 0.369 e. The van der Waals surface area contributed by atoms with Gasteiger partial charge in [0.15, 0.2) is 0 Å². The lowest BCUT2D eigenvalue weighted by Crippen LogP contribution is -2.47. The molecule has 2 rings (SSSR count). The van der Waals surface area contributed by atoms with Crippen molar-refractivity contribution in [2.24, 2.45) is 11.7 Å². The Labute approximate surface area is 117 Å². The lowest BCUT2D eigenvalue weighted by atomic mass is 10.1. The topological polar surface area (TPSA) is 32.5 Å². The molecule has 0 bridgehead atoms. The van der Waals surface area contributed by atoms with Gasteiger partial charge in [-0.3, -0.25) is 4.90 Å². The maximum absolute atomic E-state index is 5.86. The Morgan fingerprint density at radius 1 is 1.16 bits per heavy atom. The second-order valence-corrected chi connectivity index (χ2v) is 6.02. The number of benzene rings is 1. The summed E-state index contributed by atoms with van der Waals surface area (Å²) in [6.07, 6.45) is 0. The van der Waals surface area contributed by atoms with Crippen LogP contribution in [0.1, 0.15) is 25.0 Å². The fraction of sp³-hybridized carbons (Fsp3) is 0.625. The molecule has 1 saturated heterocycles. The Bertz CT molecular complexity index is 406. The van der Waals surface area contributed by atoms with Crippen LogP contribution < -0.4 is 10.6 Å². The van der Waals surface area contributed by atoms with E-state index in [4.69, 9.17) is 5.73 Å². The Morgan fingerprint density at radius 3 is 2.42 bits per heavy atom. The molecule has 0 aromatic heterocycles. The first kappa shape index (κ1) is 14.4. The molecule has 106 valence electrons. The molecule has 0 spiro atoms. The van der Waals surface area contributed by atoms with Crippen LogP contribution in [-0.4, -0.2) is 37.6 Å². The van der Waals surface area contributed by atoms with Crippen LogP contribution in [0.5, 0.6) is 0 Å². The molecule has 0 amide bonds. The number of aryl methyl sites for hydroxylation is 1. The van der Waals surface area contributed by atoms with Crippen molar-refractivity contribution in [3.05, 3.63) is 29.3 Å². The van der Waals surface area contributed by atoms with Crippen LogP contribution in [0.3, 0.4) is 0 Å². The second-order valence-electron chi connectivity index (χ2n) is 6.02. The van der Waals surface area contributed by atoms with Gasteiger partial charge >= 0.3 is 0 Å². The van der Waals surface area contributed by atoms with Gasteiger partial charge < -0.3 is 10.6 Å². The first-order valence-corrected chi connectivity index (χ1v) is 7.37. The minimum atomic E-state index is 0.627.